The zero-order valence-electron chi connectivity index (χ0n) is 8.63. The first kappa shape index (κ1) is 9.51. The molecular weight excluding hydrogens is 160 g/mol. The third-order valence-corrected chi connectivity index (χ3v) is 3.64. The van der Waals surface area contributed by atoms with Crippen molar-refractivity contribution in [3.05, 3.63) is 0 Å². The summed E-state index contributed by atoms with van der Waals surface area (Å²) in [5.41, 5.74) is 0. The number of ether oxygens (including phenoxy) is 1. The van der Waals surface area contributed by atoms with Gasteiger partial charge in [-0.05, 0) is 31.6 Å². The van der Waals surface area contributed by atoms with Gasteiger partial charge in [0.25, 0.3) is 0 Å². The molecular formula is C12H22O. The molecule has 0 spiro atoms. The summed E-state index contributed by atoms with van der Waals surface area (Å²) in [6.07, 6.45) is 13.3. The molecule has 76 valence electrons. The lowest BCUT2D eigenvalue weighted by atomic mass is 9.83. The molecule has 0 bridgehead atoms. The van der Waals surface area contributed by atoms with Crippen molar-refractivity contribution in [1.82, 2.24) is 0 Å². The molecule has 1 heteroatoms. The molecule has 0 aromatic rings. The fraction of sp³-hybridized carbons (Fsp3) is 1.00. The Morgan fingerprint density at radius 3 is 2.23 bits per heavy atom. The molecule has 1 aliphatic heterocycles. The van der Waals surface area contributed by atoms with E-state index in [9.17, 15) is 0 Å². The van der Waals surface area contributed by atoms with E-state index in [4.69, 9.17) is 4.74 Å². The topological polar surface area (TPSA) is 9.23 Å². The van der Waals surface area contributed by atoms with Crippen molar-refractivity contribution in [2.45, 2.75) is 63.9 Å². The molecule has 1 saturated carbocycles. The Morgan fingerprint density at radius 1 is 0.692 bits per heavy atom. The summed E-state index contributed by atoms with van der Waals surface area (Å²) >= 11 is 0. The molecule has 2 rings (SSSR count). The number of hydrogen-bond donors (Lipinski definition) is 0. The van der Waals surface area contributed by atoms with Crippen LogP contribution in [0.15, 0.2) is 0 Å². The van der Waals surface area contributed by atoms with Gasteiger partial charge in [0.2, 0.25) is 0 Å². The van der Waals surface area contributed by atoms with E-state index in [1.807, 2.05) is 0 Å². The predicted octanol–water partition coefficient (Wildman–Crippen LogP) is 3.53. The molecule has 1 unspecified atom stereocenters. The van der Waals surface area contributed by atoms with Crippen LogP contribution in [0.1, 0.15) is 57.8 Å². The highest BCUT2D eigenvalue weighted by Crippen LogP contribution is 2.31. The van der Waals surface area contributed by atoms with Gasteiger partial charge in [0.05, 0.1) is 6.10 Å². The zero-order chi connectivity index (χ0) is 8.93. The van der Waals surface area contributed by atoms with Crippen molar-refractivity contribution >= 4 is 0 Å². The van der Waals surface area contributed by atoms with Crippen LogP contribution in [-0.2, 0) is 4.74 Å². The lowest BCUT2D eigenvalue weighted by Crippen LogP contribution is -2.25. The summed E-state index contributed by atoms with van der Waals surface area (Å²) in [4.78, 5) is 0. The van der Waals surface area contributed by atoms with E-state index < -0.39 is 0 Å². The summed E-state index contributed by atoms with van der Waals surface area (Å²) in [6.45, 7) is 1.03. The van der Waals surface area contributed by atoms with Crippen LogP contribution in [0.3, 0.4) is 0 Å². The van der Waals surface area contributed by atoms with Crippen LogP contribution in [-0.4, -0.2) is 12.7 Å². The van der Waals surface area contributed by atoms with Gasteiger partial charge >= 0.3 is 0 Å². The summed E-state index contributed by atoms with van der Waals surface area (Å²) in [5, 5.41) is 0. The normalized spacial score (nSPS) is 32.8. The van der Waals surface area contributed by atoms with Crippen LogP contribution in [0.5, 0.6) is 0 Å². The van der Waals surface area contributed by atoms with E-state index >= 15 is 0 Å². The first-order chi connectivity index (χ1) is 6.47. The Morgan fingerprint density at radius 2 is 1.38 bits per heavy atom. The van der Waals surface area contributed by atoms with Gasteiger partial charge < -0.3 is 4.74 Å². The van der Waals surface area contributed by atoms with E-state index in [1.165, 1.54) is 57.8 Å². The molecule has 2 aliphatic rings. The van der Waals surface area contributed by atoms with Crippen molar-refractivity contribution in [2.24, 2.45) is 5.92 Å². The Balaban J connectivity index is 1.82. The van der Waals surface area contributed by atoms with E-state index in [-0.39, 0.29) is 0 Å². The van der Waals surface area contributed by atoms with E-state index in [2.05, 4.69) is 0 Å². The van der Waals surface area contributed by atoms with Crippen LogP contribution in [0, 0.1) is 5.92 Å². The van der Waals surface area contributed by atoms with Crippen LogP contribution < -0.4 is 0 Å². The second-order valence-electron chi connectivity index (χ2n) is 4.66. The molecule has 1 aliphatic carbocycles. The molecule has 0 aromatic carbocycles. The number of hydrogen-bond acceptors (Lipinski definition) is 1. The smallest absolute Gasteiger partial charge is 0.0603 e. The molecule has 13 heavy (non-hydrogen) atoms. The standard InChI is InChI=1S/C12H22O/c1-3-7-11(8-4-1)12-9-5-2-6-10-13-12/h11-12H,1-10H2. The van der Waals surface area contributed by atoms with Crippen molar-refractivity contribution < 1.29 is 4.74 Å². The molecule has 1 atom stereocenters. The largest absolute Gasteiger partial charge is 0.378 e. The Labute approximate surface area is 81.9 Å². The van der Waals surface area contributed by atoms with Gasteiger partial charge in [0, 0.05) is 6.61 Å². The molecule has 0 radical (unpaired) electrons. The minimum Gasteiger partial charge on any atom is -0.378 e. The minimum absolute atomic E-state index is 0.628. The van der Waals surface area contributed by atoms with Crippen LogP contribution >= 0.6 is 0 Å². The molecule has 0 aromatic heterocycles. The predicted molar refractivity (Wildman–Crippen MR) is 54.8 cm³/mol. The lowest BCUT2D eigenvalue weighted by molar-refractivity contribution is 0.00452. The first-order valence-electron chi connectivity index (χ1n) is 6.08. The average molecular weight is 182 g/mol. The maximum atomic E-state index is 5.94. The Kier molecular flexibility index (Phi) is 3.65. The van der Waals surface area contributed by atoms with Crippen LogP contribution in [0.2, 0.25) is 0 Å². The summed E-state index contributed by atoms with van der Waals surface area (Å²) in [7, 11) is 0. The molecule has 1 nitrogen and oxygen atoms in total. The maximum absolute atomic E-state index is 5.94. The van der Waals surface area contributed by atoms with E-state index in [0.29, 0.717) is 6.10 Å². The van der Waals surface area contributed by atoms with Gasteiger partial charge in [-0.3, -0.25) is 0 Å². The summed E-state index contributed by atoms with van der Waals surface area (Å²) in [5.74, 6) is 0.909. The maximum Gasteiger partial charge on any atom is 0.0603 e. The van der Waals surface area contributed by atoms with Crippen molar-refractivity contribution in [2.75, 3.05) is 6.61 Å². The van der Waals surface area contributed by atoms with Gasteiger partial charge in [-0.15, -0.1) is 0 Å². The Bertz CT molecular complexity index is 130. The fourth-order valence-corrected chi connectivity index (χ4v) is 2.82. The van der Waals surface area contributed by atoms with Gasteiger partial charge in [-0.25, -0.2) is 0 Å². The Hall–Kier alpha value is -0.0400. The average Bonchev–Trinajstić information content (AvgIpc) is 2.47. The van der Waals surface area contributed by atoms with Gasteiger partial charge in [0.15, 0.2) is 0 Å². The monoisotopic (exact) mass is 182 g/mol. The minimum atomic E-state index is 0.628. The SMILES string of the molecule is C1CCC(C2CCCCCO2)CC1. The van der Waals surface area contributed by atoms with Crippen molar-refractivity contribution in [1.29, 1.82) is 0 Å². The highest BCUT2D eigenvalue weighted by atomic mass is 16.5. The van der Waals surface area contributed by atoms with Crippen molar-refractivity contribution in [3.63, 3.8) is 0 Å². The molecule has 2 fully saturated rings. The van der Waals surface area contributed by atoms with E-state index in [0.717, 1.165) is 12.5 Å². The third kappa shape index (κ3) is 2.70. The second kappa shape index (κ2) is 4.99. The summed E-state index contributed by atoms with van der Waals surface area (Å²) < 4.78 is 5.94. The lowest BCUT2D eigenvalue weighted by Gasteiger charge is -2.29. The zero-order valence-corrected chi connectivity index (χ0v) is 8.63. The number of rotatable bonds is 1. The molecule has 1 saturated heterocycles. The van der Waals surface area contributed by atoms with Crippen LogP contribution in [0.4, 0.5) is 0 Å². The van der Waals surface area contributed by atoms with E-state index in [1.54, 1.807) is 0 Å². The van der Waals surface area contributed by atoms with Crippen molar-refractivity contribution in [3.8, 4) is 0 Å². The van der Waals surface area contributed by atoms with Gasteiger partial charge in [-0.1, -0.05) is 32.1 Å². The first-order valence-corrected chi connectivity index (χ1v) is 6.08. The highest BCUT2D eigenvalue weighted by Gasteiger charge is 2.24. The molecule has 1 heterocycles. The summed E-state index contributed by atoms with van der Waals surface area (Å²) in [6, 6.07) is 0. The quantitative estimate of drug-likeness (QED) is 0.603. The molecule has 0 N–H and O–H groups in total. The highest BCUT2D eigenvalue weighted by molar-refractivity contribution is 4.75. The third-order valence-electron chi connectivity index (χ3n) is 3.64. The van der Waals surface area contributed by atoms with Crippen LogP contribution in [0.25, 0.3) is 0 Å². The molecule has 0 amide bonds. The second-order valence-corrected chi connectivity index (χ2v) is 4.66. The van der Waals surface area contributed by atoms with Gasteiger partial charge in [0.1, 0.15) is 0 Å². The fourth-order valence-electron chi connectivity index (χ4n) is 2.82. The van der Waals surface area contributed by atoms with Gasteiger partial charge in [-0.2, -0.15) is 0 Å².